The van der Waals surface area contributed by atoms with Crippen molar-refractivity contribution in [3.8, 4) is 0 Å². The van der Waals surface area contributed by atoms with Crippen molar-refractivity contribution < 1.29 is 13.9 Å². The minimum atomic E-state index is -1.04. The molecule has 0 saturated carbocycles. The Morgan fingerprint density at radius 2 is 2.05 bits per heavy atom. The zero-order valence-electron chi connectivity index (χ0n) is 10.9. The summed E-state index contributed by atoms with van der Waals surface area (Å²) in [5.41, 5.74) is 1.20. The van der Waals surface area contributed by atoms with Crippen molar-refractivity contribution in [2.75, 3.05) is 0 Å². The van der Waals surface area contributed by atoms with Crippen molar-refractivity contribution >= 4 is 15.9 Å². The molecule has 2 nitrogen and oxygen atoms in total. The number of rotatable bonds is 4. The number of aromatic nitrogens is 1. The molecule has 2 rings (SSSR count). The predicted octanol–water partition coefficient (Wildman–Crippen LogP) is 3.96. The van der Waals surface area contributed by atoms with Gasteiger partial charge in [0.15, 0.2) is 0 Å². The van der Waals surface area contributed by atoms with Gasteiger partial charge in [0, 0.05) is 18.2 Å². The van der Waals surface area contributed by atoms with Crippen LogP contribution in [0.3, 0.4) is 0 Å². The lowest BCUT2D eigenvalue weighted by atomic mass is 10.00. The van der Waals surface area contributed by atoms with Crippen LogP contribution in [-0.4, -0.2) is 10.1 Å². The van der Waals surface area contributed by atoms with E-state index >= 15 is 0 Å². The fourth-order valence-corrected chi connectivity index (χ4v) is 2.47. The predicted molar refractivity (Wildman–Crippen MR) is 76.3 cm³/mol. The lowest BCUT2D eigenvalue weighted by Crippen LogP contribution is -2.10. The number of aliphatic hydroxyl groups is 1. The van der Waals surface area contributed by atoms with Gasteiger partial charge in [-0.25, -0.2) is 8.78 Å². The van der Waals surface area contributed by atoms with Gasteiger partial charge in [-0.15, -0.1) is 0 Å². The first-order chi connectivity index (χ1) is 9.54. The number of halogens is 3. The van der Waals surface area contributed by atoms with E-state index in [9.17, 15) is 13.9 Å². The van der Waals surface area contributed by atoms with Gasteiger partial charge in [-0.2, -0.15) is 0 Å². The van der Waals surface area contributed by atoms with E-state index < -0.39 is 17.7 Å². The number of benzene rings is 1. The van der Waals surface area contributed by atoms with Crippen molar-refractivity contribution in [1.82, 2.24) is 4.98 Å². The summed E-state index contributed by atoms with van der Waals surface area (Å²) in [7, 11) is 0. The molecule has 0 bridgehead atoms. The molecule has 5 heteroatoms. The van der Waals surface area contributed by atoms with Gasteiger partial charge in [0.25, 0.3) is 0 Å². The fourth-order valence-electron chi connectivity index (χ4n) is 2.10. The minimum Gasteiger partial charge on any atom is -0.386 e. The Hall–Kier alpha value is -1.33. The van der Waals surface area contributed by atoms with E-state index in [1.165, 1.54) is 12.1 Å². The number of hydrogen-bond acceptors (Lipinski definition) is 2. The summed E-state index contributed by atoms with van der Waals surface area (Å²) in [4.78, 5) is 4.12. The molecule has 20 heavy (non-hydrogen) atoms. The number of pyridine rings is 1. The van der Waals surface area contributed by atoms with Crippen LogP contribution in [0.4, 0.5) is 8.78 Å². The standard InChI is InChI=1S/C15H14BrF2NO/c1-2-9-4-3-7-19-15(9)13(20)8-10-12(17)6-5-11(16)14(10)18/h3-7,13,20H,2,8H2,1H3. The summed E-state index contributed by atoms with van der Waals surface area (Å²) < 4.78 is 27.8. The van der Waals surface area contributed by atoms with E-state index in [2.05, 4.69) is 20.9 Å². The van der Waals surface area contributed by atoms with Crippen molar-refractivity contribution in [2.45, 2.75) is 25.9 Å². The topological polar surface area (TPSA) is 33.1 Å². The summed E-state index contributed by atoms with van der Waals surface area (Å²) in [5, 5.41) is 10.2. The molecule has 1 aromatic heterocycles. The maximum atomic E-state index is 13.9. The molecule has 0 aliphatic rings. The summed E-state index contributed by atoms with van der Waals surface area (Å²) >= 11 is 3.02. The largest absolute Gasteiger partial charge is 0.386 e. The van der Waals surface area contributed by atoms with Crippen LogP contribution in [-0.2, 0) is 12.8 Å². The number of hydrogen-bond donors (Lipinski definition) is 1. The van der Waals surface area contributed by atoms with E-state index in [-0.39, 0.29) is 16.5 Å². The molecule has 0 saturated heterocycles. The molecule has 0 fully saturated rings. The summed E-state index contributed by atoms with van der Waals surface area (Å²) in [6, 6.07) is 6.10. The highest BCUT2D eigenvalue weighted by Crippen LogP contribution is 2.27. The highest BCUT2D eigenvalue weighted by Gasteiger charge is 2.19. The Morgan fingerprint density at radius 3 is 2.75 bits per heavy atom. The molecule has 0 spiro atoms. The van der Waals surface area contributed by atoms with Gasteiger partial charge in [-0.05, 0) is 46.1 Å². The average Bonchev–Trinajstić information content (AvgIpc) is 2.47. The highest BCUT2D eigenvalue weighted by atomic mass is 79.9. The van der Waals surface area contributed by atoms with Crippen LogP contribution < -0.4 is 0 Å². The van der Waals surface area contributed by atoms with E-state index in [1.54, 1.807) is 12.3 Å². The molecule has 1 heterocycles. The lowest BCUT2D eigenvalue weighted by molar-refractivity contribution is 0.169. The minimum absolute atomic E-state index is 0.139. The molecule has 2 aromatic rings. The molecule has 1 atom stereocenters. The third-order valence-corrected chi connectivity index (χ3v) is 3.77. The summed E-state index contributed by atoms with van der Waals surface area (Å²) in [6.07, 6.45) is 1.07. The van der Waals surface area contributed by atoms with Crippen molar-refractivity contribution in [3.63, 3.8) is 0 Å². The van der Waals surface area contributed by atoms with Gasteiger partial charge < -0.3 is 5.11 Å². The number of aryl methyl sites for hydroxylation is 1. The first kappa shape index (κ1) is 15.1. The Bertz CT molecular complexity index is 619. The van der Waals surface area contributed by atoms with Crippen LogP contribution in [0, 0.1) is 11.6 Å². The Morgan fingerprint density at radius 1 is 1.30 bits per heavy atom. The molecule has 0 radical (unpaired) electrons. The van der Waals surface area contributed by atoms with Crippen molar-refractivity contribution in [2.24, 2.45) is 0 Å². The summed E-state index contributed by atoms with van der Waals surface area (Å²) in [6.45, 7) is 1.94. The van der Waals surface area contributed by atoms with Gasteiger partial charge in [-0.1, -0.05) is 13.0 Å². The molecule has 0 aliphatic heterocycles. The number of nitrogens with zero attached hydrogens (tertiary/aromatic N) is 1. The molecular formula is C15H14BrF2NO. The van der Waals surface area contributed by atoms with Crippen molar-refractivity contribution in [1.29, 1.82) is 0 Å². The van der Waals surface area contributed by atoms with Gasteiger partial charge in [0.2, 0.25) is 0 Å². The first-order valence-corrected chi connectivity index (χ1v) is 7.08. The quantitative estimate of drug-likeness (QED) is 0.854. The average molecular weight is 342 g/mol. The Kier molecular flexibility index (Phi) is 4.83. The monoisotopic (exact) mass is 341 g/mol. The second-order valence-electron chi connectivity index (χ2n) is 4.44. The van der Waals surface area contributed by atoms with E-state index in [0.29, 0.717) is 12.1 Å². The zero-order chi connectivity index (χ0) is 14.7. The molecule has 1 unspecified atom stereocenters. The second-order valence-corrected chi connectivity index (χ2v) is 5.30. The molecule has 0 aliphatic carbocycles. The maximum absolute atomic E-state index is 13.9. The third-order valence-electron chi connectivity index (χ3n) is 3.16. The Balaban J connectivity index is 2.33. The van der Waals surface area contributed by atoms with Crippen LogP contribution in [0.15, 0.2) is 34.9 Å². The Labute approximate surface area is 124 Å². The number of aliphatic hydroxyl groups excluding tert-OH is 1. The van der Waals surface area contributed by atoms with Crippen LogP contribution in [0.1, 0.15) is 29.8 Å². The second kappa shape index (κ2) is 6.41. The van der Waals surface area contributed by atoms with Crippen LogP contribution in [0.2, 0.25) is 0 Å². The zero-order valence-corrected chi connectivity index (χ0v) is 12.5. The highest BCUT2D eigenvalue weighted by molar-refractivity contribution is 9.10. The van der Waals surface area contributed by atoms with Crippen molar-refractivity contribution in [3.05, 3.63) is 63.4 Å². The lowest BCUT2D eigenvalue weighted by Gasteiger charge is -2.15. The van der Waals surface area contributed by atoms with E-state index in [4.69, 9.17) is 0 Å². The molecule has 0 amide bonds. The SMILES string of the molecule is CCc1cccnc1C(O)Cc1c(F)ccc(Br)c1F. The molecule has 106 valence electrons. The first-order valence-electron chi connectivity index (χ1n) is 6.28. The fraction of sp³-hybridized carbons (Fsp3) is 0.267. The third kappa shape index (κ3) is 3.04. The van der Waals surface area contributed by atoms with Gasteiger partial charge in [0.1, 0.15) is 17.7 Å². The maximum Gasteiger partial charge on any atom is 0.143 e. The molecular weight excluding hydrogens is 328 g/mol. The smallest absolute Gasteiger partial charge is 0.143 e. The molecule has 1 N–H and O–H groups in total. The van der Waals surface area contributed by atoms with Crippen LogP contribution >= 0.6 is 15.9 Å². The normalized spacial score (nSPS) is 12.4. The molecule has 1 aromatic carbocycles. The van der Waals surface area contributed by atoms with Gasteiger partial charge in [0.05, 0.1) is 10.2 Å². The van der Waals surface area contributed by atoms with Crippen LogP contribution in [0.5, 0.6) is 0 Å². The van der Waals surface area contributed by atoms with E-state index in [0.717, 1.165) is 5.56 Å². The van der Waals surface area contributed by atoms with E-state index in [1.807, 2.05) is 13.0 Å². The van der Waals surface area contributed by atoms with Gasteiger partial charge >= 0.3 is 0 Å². The van der Waals surface area contributed by atoms with Gasteiger partial charge in [-0.3, -0.25) is 4.98 Å². The van der Waals surface area contributed by atoms with Crippen LogP contribution in [0.25, 0.3) is 0 Å². The summed E-state index contributed by atoms with van der Waals surface area (Å²) in [5.74, 6) is -1.35.